The topological polar surface area (TPSA) is 78.7 Å². The van der Waals surface area contributed by atoms with Crippen LogP contribution < -0.4 is 10.2 Å². The minimum atomic E-state index is -0.840. The van der Waals surface area contributed by atoms with E-state index in [-0.39, 0.29) is 17.9 Å². The first-order valence-corrected chi connectivity index (χ1v) is 8.87. The van der Waals surface area contributed by atoms with Crippen molar-refractivity contribution in [2.75, 3.05) is 42.9 Å². The number of hydrogen-bond acceptors (Lipinski definition) is 5. The maximum absolute atomic E-state index is 13.6. The second-order valence-electron chi connectivity index (χ2n) is 6.33. The molecule has 0 aromatic heterocycles. The Morgan fingerprint density at radius 2 is 1.86 bits per heavy atom. The molecule has 0 radical (unpaired) electrons. The number of rotatable bonds is 5. The monoisotopic (exact) mass is 410 g/mol. The van der Waals surface area contributed by atoms with E-state index in [0.717, 1.165) is 6.07 Å². The molecule has 0 unspecified atom stereocenters. The van der Waals surface area contributed by atoms with Gasteiger partial charge in [0.1, 0.15) is 17.3 Å². The highest BCUT2D eigenvalue weighted by molar-refractivity contribution is 6.30. The summed E-state index contributed by atoms with van der Waals surface area (Å²) in [6, 6.07) is 7.46. The lowest BCUT2D eigenvalue weighted by Crippen LogP contribution is -2.48. The van der Waals surface area contributed by atoms with E-state index in [0.29, 0.717) is 43.0 Å². The second kappa shape index (κ2) is 8.49. The van der Waals surface area contributed by atoms with Gasteiger partial charge in [-0.05, 0) is 24.3 Å². The van der Waals surface area contributed by atoms with Crippen molar-refractivity contribution in [3.63, 3.8) is 0 Å². The molecule has 0 bridgehead atoms. The number of anilines is 2. The molecule has 1 amide bonds. The summed E-state index contributed by atoms with van der Waals surface area (Å²) < 4.78 is 26.5. The third-order valence-corrected chi connectivity index (χ3v) is 4.65. The van der Waals surface area contributed by atoms with Crippen molar-refractivity contribution in [3.05, 3.63) is 63.2 Å². The smallest absolute Gasteiger partial charge is 0.294 e. The number of amides is 1. The Hall–Kier alpha value is -2.78. The van der Waals surface area contributed by atoms with Gasteiger partial charge >= 0.3 is 0 Å². The van der Waals surface area contributed by atoms with Gasteiger partial charge in [0.15, 0.2) is 0 Å². The number of carbonyl (C=O) groups excluding carboxylic acids is 1. The third kappa shape index (κ3) is 4.73. The maximum Gasteiger partial charge on any atom is 0.294 e. The maximum atomic E-state index is 13.6. The highest BCUT2D eigenvalue weighted by atomic mass is 35.5. The molecule has 1 aliphatic heterocycles. The molecule has 28 heavy (non-hydrogen) atoms. The zero-order valence-electron chi connectivity index (χ0n) is 14.7. The first-order valence-electron chi connectivity index (χ1n) is 8.49. The average Bonchev–Trinajstić information content (AvgIpc) is 2.65. The van der Waals surface area contributed by atoms with Crippen LogP contribution in [0.25, 0.3) is 0 Å². The van der Waals surface area contributed by atoms with E-state index in [1.807, 2.05) is 9.80 Å². The zero-order chi connectivity index (χ0) is 20.3. The third-order valence-electron chi connectivity index (χ3n) is 4.42. The van der Waals surface area contributed by atoms with Crippen molar-refractivity contribution >= 4 is 34.6 Å². The van der Waals surface area contributed by atoms with Crippen LogP contribution in [-0.2, 0) is 4.79 Å². The van der Waals surface area contributed by atoms with Crippen molar-refractivity contribution in [1.29, 1.82) is 0 Å². The minimum Gasteiger partial charge on any atom is -0.363 e. The van der Waals surface area contributed by atoms with Crippen LogP contribution in [0.1, 0.15) is 0 Å². The van der Waals surface area contributed by atoms with Crippen molar-refractivity contribution < 1.29 is 18.5 Å². The normalized spacial score (nSPS) is 14.8. The first kappa shape index (κ1) is 20.0. The van der Waals surface area contributed by atoms with E-state index >= 15 is 0 Å². The van der Waals surface area contributed by atoms with Gasteiger partial charge in [-0.1, -0.05) is 11.6 Å². The SMILES string of the molecule is O=C(CN1CCN(c2ccc(Cl)cc2[N+](=O)[O-])CC1)Nc1ccc(F)cc1F. The second-order valence-corrected chi connectivity index (χ2v) is 6.76. The number of hydrogen-bond donors (Lipinski definition) is 1. The molecule has 1 aliphatic rings. The molecule has 1 saturated heterocycles. The number of nitro benzene ring substituents is 1. The van der Waals surface area contributed by atoms with Gasteiger partial charge in [0.25, 0.3) is 5.69 Å². The summed E-state index contributed by atoms with van der Waals surface area (Å²) in [5.74, 6) is -1.98. The number of nitrogens with one attached hydrogen (secondary N) is 1. The molecule has 7 nitrogen and oxygen atoms in total. The summed E-state index contributed by atoms with van der Waals surface area (Å²) in [7, 11) is 0. The average molecular weight is 411 g/mol. The van der Waals surface area contributed by atoms with Gasteiger partial charge in [0.05, 0.1) is 17.2 Å². The molecule has 3 rings (SSSR count). The van der Waals surface area contributed by atoms with Crippen molar-refractivity contribution in [3.8, 4) is 0 Å². The fraction of sp³-hybridized carbons (Fsp3) is 0.278. The number of nitro groups is 1. The molecule has 10 heteroatoms. The summed E-state index contributed by atoms with van der Waals surface area (Å²) in [6.45, 7) is 2.01. The predicted molar refractivity (Wildman–Crippen MR) is 102 cm³/mol. The van der Waals surface area contributed by atoms with E-state index in [9.17, 15) is 23.7 Å². The Morgan fingerprint density at radius 3 is 2.50 bits per heavy atom. The van der Waals surface area contributed by atoms with Crippen LogP contribution >= 0.6 is 11.6 Å². The Kier molecular flexibility index (Phi) is 6.05. The quantitative estimate of drug-likeness (QED) is 0.604. The van der Waals surface area contributed by atoms with E-state index in [1.54, 1.807) is 12.1 Å². The minimum absolute atomic E-state index is 0.0351. The largest absolute Gasteiger partial charge is 0.363 e. The highest BCUT2D eigenvalue weighted by Gasteiger charge is 2.25. The van der Waals surface area contributed by atoms with Crippen molar-refractivity contribution in [1.82, 2.24) is 4.90 Å². The van der Waals surface area contributed by atoms with Crippen LogP contribution in [0.2, 0.25) is 5.02 Å². The van der Waals surface area contributed by atoms with Crippen molar-refractivity contribution in [2.24, 2.45) is 0 Å². The van der Waals surface area contributed by atoms with Gasteiger partial charge in [0.2, 0.25) is 5.91 Å². The standard InChI is InChI=1S/C18H17ClF2N4O3/c19-12-1-4-16(17(9-12)25(27)28)24-7-5-23(6-8-24)11-18(26)22-15-3-2-13(20)10-14(15)21/h1-4,9-10H,5-8,11H2,(H,22,26). The zero-order valence-corrected chi connectivity index (χ0v) is 15.5. The number of halogens is 3. The molecular weight excluding hydrogens is 394 g/mol. The molecule has 0 spiro atoms. The summed E-state index contributed by atoms with van der Waals surface area (Å²) in [4.78, 5) is 26.6. The predicted octanol–water partition coefficient (Wildman–Crippen LogP) is 3.29. The van der Waals surface area contributed by atoms with Gasteiger partial charge in [0, 0.05) is 43.3 Å². The molecule has 1 heterocycles. The van der Waals surface area contributed by atoms with E-state index < -0.39 is 22.5 Å². The summed E-state index contributed by atoms with van der Waals surface area (Å²) in [5.41, 5.74) is 0.333. The van der Waals surface area contributed by atoms with Crippen LogP contribution in [-0.4, -0.2) is 48.5 Å². The number of nitrogens with zero attached hydrogens (tertiary/aromatic N) is 3. The van der Waals surface area contributed by atoms with Crippen LogP contribution in [0.3, 0.4) is 0 Å². The molecule has 148 valence electrons. The fourth-order valence-corrected chi connectivity index (χ4v) is 3.21. The molecule has 0 aliphatic carbocycles. The molecule has 1 fully saturated rings. The van der Waals surface area contributed by atoms with Crippen LogP contribution in [0.4, 0.5) is 25.8 Å². The number of piperazine rings is 1. The molecule has 2 aromatic carbocycles. The van der Waals surface area contributed by atoms with Crippen LogP contribution in [0.5, 0.6) is 0 Å². The summed E-state index contributed by atoms with van der Waals surface area (Å²) in [5, 5.41) is 14.0. The molecular formula is C18H17ClF2N4O3. The molecule has 2 aromatic rings. The Balaban J connectivity index is 1.57. The summed E-state index contributed by atoms with van der Waals surface area (Å²) in [6.07, 6.45) is 0. The first-order chi connectivity index (χ1) is 13.3. The van der Waals surface area contributed by atoms with Gasteiger partial charge in [-0.25, -0.2) is 8.78 Å². The van der Waals surface area contributed by atoms with Crippen LogP contribution in [0.15, 0.2) is 36.4 Å². The lowest BCUT2D eigenvalue weighted by Gasteiger charge is -2.35. The lowest BCUT2D eigenvalue weighted by molar-refractivity contribution is -0.384. The van der Waals surface area contributed by atoms with Crippen molar-refractivity contribution in [2.45, 2.75) is 0 Å². The fourth-order valence-electron chi connectivity index (χ4n) is 3.04. The highest BCUT2D eigenvalue weighted by Crippen LogP contribution is 2.31. The van der Waals surface area contributed by atoms with E-state index in [1.165, 1.54) is 12.1 Å². The van der Waals surface area contributed by atoms with Gasteiger partial charge in [-0.2, -0.15) is 0 Å². The van der Waals surface area contributed by atoms with E-state index in [4.69, 9.17) is 11.6 Å². The number of carbonyl (C=O) groups is 1. The van der Waals surface area contributed by atoms with Crippen LogP contribution in [0, 0.1) is 21.7 Å². The lowest BCUT2D eigenvalue weighted by atomic mass is 10.2. The van der Waals surface area contributed by atoms with E-state index in [2.05, 4.69) is 5.32 Å². The molecule has 1 N–H and O–H groups in total. The van der Waals surface area contributed by atoms with Gasteiger partial charge in [-0.15, -0.1) is 0 Å². The van der Waals surface area contributed by atoms with Gasteiger partial charge < -0.3 is 10.2 Å². The Labute approximate surface area is 164 Å². The summed E-state index contributed by atoms with van der Waals surface area (Å²) >= 11 is 5.84. The molecule has 0 saturated carbocycles. The van der Waals surface area contributed by atoms with Gasteiger partial charge in [-0.3, -0.25) is 19.8 Å². The Morgan fingerprint density at radius 1 is 1.14 bits per heavy atom. The Bertz CT molecular complexity index is 904. The number of benzene rings is 2. The molecule has 0 atom stereocenters.